The molecule has 2 heterocycles. The molecule has 0 fully saturated rings. The number of rotatable bonds is 7. The third-order valence-corrected chi connectivity index (χ3v) is 5.71. The lowest BCUT2D eigenvalue weighted by Crippen LogP contribution is -2.49. The normalized spacial score (nSPS) is 13.7. The molecule has 1 N–H and O–H groups in total. The minimum atomic E-state index is -2.67. The van der Waals surface area contributed by atoms with Crippen LogP contribution < -0.4 is 0 Å². The van der Waals surface area contributed by atoms with E-state index < -0.39 is 36.4 Å². The summed E-state index contributed by atoms with van der Waals surface area (Å²) < 4.78 is 17.1. The Labute approximate surface area is 212 Å². The van der Waals surface area contributed by atoms with Crippen molar-refractivity contribution in [3.8, 4) is 5.69 Å². The number of aromatic nitrogens is 4. The molecule has 0 saturated carbocycles. The number of aryl methyl sites for hydroxylation is 2. The molecule has 11 heteroatoms. The summed E-state index contributed by atoms with van der Waals surface area (Å²) >= 11 is 0. The number of carbonyl (C=O) groups excluding carboxylic acids is 3. The highest BCUT2D eigenvalue weighted by molar-refractivity contribution is 5.88. The summed E-state index contributed by atoms with van der Waals surface area (Å²) in [5, 5.41) is 16.4. The SMILES string of the molecule is CC(=O)OCC(OC(C)=O)C(O)(OC(C)=O)c1nn(-c2ccccc2)c2nc3cc(C)c(C)cc3nc12. The van der Waals surface area contributed by atoms with E-state index in [1.54, 1.807) is 24.3 Å². The number of ether oxygens (including phenoxy) is 3. The second-order valence-electron chi connectivity index (χ2n) is 8.61. The third-order valence-electron chi connectivity index (χ3n) is 5.71. The van der Waals surface area contributed by atoms with Crippen LogP contribution in [0.15, 0.2) is 42.5 Å². The van der Waals surface area contributed by atoms with Crippen molar-refractivity contribution in [2.24, 2.45) is 0 Å². The molecule has 11 nitrogen and oxygen atoms in total. The maximum Gasteiger partial charge on any atom is 0.305 e. The van der Waals surface area contributed by atoms with E-state index in [1.807, 2.05) is 32.0 Å². The molecule has 2 aromatic carbocycles. The third kappa shape index (κ3) is 5.12. The zero-order valence-electron chi connectivity index (χ0n) is 21.0. The highest BCUT2D eigenvalue weighted by Gasteiger charge is 2.50. The largest absolute Gasteiger partial charge is 0.462 e. The molecule has 2 unspecified atom stereocenters. The fraction of sp³-hybridized carbons (Fsp3) is 0.308. The van der Waals surface area contributed by atoms with E-state index in [0.29, 0.717) is 16.7 Å². The maximum atomic E-state index is 12.2. The first kappa shape index (κ1) is 25.7. The van der Waals surface area contributed by atoms with Gasteiger partial charge < -0.3 is 19.3 Å². The van der Waals surface area contributed by atoms with Crippen LogP contribution in [0, 0.1) is 13.8 Å². The average molecular weight is 507 g/mol. The first-order valence-electron chi connectivity index (χ1n) is 11.5. The predicted octanol–water partition coefficient (Wildman–Crippen LogP) is 2.79. The summed E-state index contributed by atoms with van der Waals surface area (Å²) in [7, 11) is 0. The van der Waals surface area contributed by atoms with Gasteiger partial charge in [-0.05, 0) is 49.2 Å². The van der Waals surface area contributed by atoms with E-state index in [-0.39, 0.29) is 16.9 Å². The summed E-state index contributed by atoms with van der Waals surface area (Å²) in [5.74, 6) is -5.08. The molecule has 4 aromatic rings. The molecule has 0 aliphatic heterocycles. The van der Waals surface area contributed by atoms with Crippen molar-refractivity contribution in [2.45, 2.75) is 46.5 Å². The number of esters is 3. The average Bonchev–Trinajstić information content (AvgIpc) is 3.20. The summed E-state index contributed by atoms with van der Waals surface area (Å²) in [5.41, 5.74) is 3.80. The van der Waals surface area contributed by atoms with Crippen molar-refractivity contribution in [3.05, 3.63) is 59.3 Å². The van der Waals surface area contributed by atoms with Gasteiger partial charge >= 0.3 is 17.9 Å². The second-order valence-corrected chi connectivity index (χ2v) is 8.61. The Balaban J connectivity index is 2.05. The molecule has 0 aliphatic rings. The highest BCUT2D eigenvalue weighted by Crippen LogP contribution is 2.35. The maximum absolute atomic E-state index is 12.2. The molecule has 192 valence electrons. The van der Waals surface area contributed by atoms with Crippen LogP contribution in [0.1, 0.15) is 37.6 Å². The van der Waals surface area contributed by atoms with Gasteiger partial charge in [0.05, 0.1) is 16.7 Å². The van der Waals surface area contributed by atoms with Gasteiger partial charge in [-0.1, -0.05) is 18.2 Å². The van der Waals surface area contributed by atoms with Crippen molar-refractivity contribution in [2.75, 3.05) is 6.61 Å². The zero-order valence-corrected chi connectivity index (χ0v) is 21.0. The van der Waals surface area contributed by atoms with Crippen molar-refractivity contribution < 1.29 is 33.7 Å². The molecule has 4 rings (SSSR count). The van der Waals surface area contributed by atoms with Crippen molar-refractivity contribution >= 4 is 40.1 Å². The van der Waals surface area contributed by atoms with Crippen molar-refractivity contribution in [3.63, 3.8) is 0 Å². The molecule has 37 heavy (non-hydrogen) atoms. The monoisotopic (exact) mass is 506 g/mol. The lowest BCUT2D eigenvalue weighted by Gasteiger charge is -2.32. The molecule has 2 atom stereocenters. The number of fused-ring (bicyclic) bond motifs is 2. The molecule has 0 aliphatic carbocycles. The van der Waals surface area contributed by atoms with Crippen LogP contribution in [0.3, 0.4) is 0 Å². The van der Waals surface area contributed by atoms with Crippen LogP contribution in [0.2, 0.25) is 0 Å². The Morgan fingerprint density at radius 2 is 1.57 bits per heavy atom. The quantitative estimate of drug-likeness (QED) is 0.226. The zero-order chi connectivity index (χ0) is 26.9. The number of benzene rings is 2. The van der Waals surface area contributed by atoms with Gasteiger partial charge in [-0.2, -0.15) is 5.10 Å². The Hall–Kier alpha value is -4.38. The lowest BCUT2D eigenvalue weighted by atomic mass is 10.0. The number of nitrogens with zero attached hydrogens (tertiary/aromatic N) is 4. The fourth-order valence-electron chi connectivity index (χ4n) is 3.90. The number of hydrogen-bond acceptors (Lipinski definition) is 10. The van der Waals surface area contributed by atoms with Crippen LogP contribution in [0.25, 0.3) is 27.9 Å². The van der Waals surface area contributed by atoms with E-state index in [2.05, 4.69) is 5.10 Å². The van der Waals surface area contributed by atoms with Gasteiger partial charge in [0.15, 0.2) is 11.3 Å². The Kier molecular flexibility index (Phi) is 6.90. The number of carbonyl (C=O) groups is 3. The van der Waals surface area contributed by atoms with E-state index in [4.69, 9.17) is 24.2 Å². The lowest BCUT2D eigenvalue weighted by molar-refractivity contribution is -0.267. The number of para-hydroxylation sites is 1. The van der Waals surface area contributed by atoms with E-state index in [0.717, 1.165) is 31.9 Å². The second kappa shape index (κ2) is 9.94. The summed E-state index contributed by atoms with van der Waals surface area (Å²) in [6.07, 6.45) is -1.66. The van der Waals surface area contributed by atoms with Crippen LogP contribution in [0.5, 0.6) is 0 Å². The van der Waals surface area contributed by atoms with E-state index in [9.17, 15) is 19.5 Å². The topological polar surface area (TPSA) is 143 Å². The van der Waals surface area contributed by atoms with Gasteiger partial charge in [0.1, 0.15) is 12.1 Å². The molecule has 0 saturated heterocycles. The van der Waals surface area contributed by atoms with Crippen LogP contribution in [0.4, 0.5) is 0 Å². The summed E-state index contributed by atoms with van der Waals surface area (Å²) in [4.78, 5) is 45.1. The number of aliphatic hydroxyl groups is 1. The molecule has 2 aromatic heterocycles. The summed E-state index contributed by atoms with van der Waals surface area (Å²) in [6, 6.07) is 12.7. The molecule has 0 bridgehead atoms. The van der Waals surface area contributed by atoms with Gasteiger partial charge in [-0.15, -0.1) is 0 Å². The van der Waals surface area contributed by atoms with Gasteiger partial charge in [0, 0.05) is 20.8 Å². The molecular formula is C26H26N4O7. The Morgan fingerprint density at radius 3 is 2.14 bits per heavy atom. The molecule has 0 radical (unpaired) electrons. The first-order chi connectivity index (χ1) is 17.5. The van der Waals surface area contributed by atoms with Crippen LogP contribution >= 0.6 is 0 Å². The molecular weight excluding hydrogens is 480 g/mol. The Morgan fingerprint density at radius 1 is 0.946 bits per heavy atom. The Bertz CT molecular complexity index is 1520. The van der Waals surface area contributed by atoms with Gasteiger partial charge in [-0.25, -0.2) is 14.6 Å². The molecule has 0 amide bonds. The highest BCUT2D eigenvalue weighted by atomic mass is 16.7. The van der Waals surface area contributed by atoms with E-state index >= 15 is 0 Å². The smallest absolute Gasteiger partial charge is 0.305 e. The molecule has 0 spiro atoms. The predicted molar refractivity (Wildman–Crippen MR) is 131 cm³/mol. The summed E-state index contributed by atoms with van der Waals surface area (Å²) in [6.45, 7) is 6.60. The van der Waals surface area contributed by atoms with E-state index in [1.165, 1.54) is 4.68 Å². The van der Waals surface area contributed by atoms with Gasteiger partial charge in [-0.3, -0.25) is 14.4 Å². The van der Waals surface area contributed by atoms with Crippen molar-refractivity contribution in [1.29, 1.82) is 0 Å². The fourth-order valence-corrected chi connectivity index (χ4v) is 3.90. The standard InChI is InChI=1S/C26H26N4O7/c1-14-11-20-21(12-15(14)2)28-25-23(27-20)24(29-30(25)19-9-7-6-8-10-19)26(34,37-18(5)33)22(36-17(4)32)13-35-16(3)31/h6-12,22,34H,13H2,1-5H3. The van der Waals surface area contributed by atoms with Crippen LogP contribution in [-0.4, -0.2) is 55.5 Å². The van der Waals surface area contributed by atoms with Gasteiger partial charge in [0.25, 0.3) is 5.79 Å². The van der Waals surface area contributed by atoms with Crippen LogP contribution in [-0.2, 0) is 34.4 Å². The minimum absolute atomic E-state index is 0.100. The van der Waals surface area contributed by atoms with Crippen molar-refractivity contribution in [1.82, 2.24) is 19.7 Å². The minimum Gasteiger partial charge on any atom is -0.462 e. The van der Waals surface area contributed by atoms with Gasteiger partial charge in [0.2, 0.25) is 6.10 Å². The first-order valence-corrected chi connectivity index (χ1v) is 11.5. The number of hydrogen-bond donors (Lipinski definition) is 1.